The van der Waals surface area contributed by atoms with E-state index in [0.29, 0.717) is 0 Å². The molecular formula is C12H20N4. The molecule has 0 amide bonds. The highest BCUT2D eigenvalue weighted by Crippen LogP contribution is 2.15. The number of nitrogen functional groups attached to an aromatic ring is 1. The van der Waals surface area contributed by atoms with Crippen LogP contribution in [0.25, 0.3) is 0 Å². The van der Waals surface area contributed by atoms with Crippen molar-refractivity contribution in [3.05, 3.63) is 17.8 Å². The van der Waals surface area contributed by atoms with Crippen LogP contribution in [0, 0.1) is 6.92 Å². The van der Waals surface area contributed by atoms with E-state index in [1.807, 2.05) is 19.2 Å². The van der Waals surface area contributed by atoms with Gasteiger partial charge in [0.2, 0.25) is 0 Å². The van der Waals surface area contributed by atoms with Crippen LogP contribution in [-0.2, 0) is 0 Å². The fraction of sp³-hybridized carbons (Fsp3) is 0.583. The van der Waals surface area contributed by atoms with E-state index in [-0.39, 0.29) is 0 Å². The van der Waals surface area contributed by atoms with Gasteiger partial charge in [-0.2, -0.15) is 0 Å². The molecule has 1 saturated heterocycles. The van der Waals surface area contributed by atoms with Gasteiger partial charge in [0.25, 0.3) is 0 Å². The number of rotatable bonds is 4. The lowest BCUT2D eigenvalue weighted by Gasteiger charge is -2.15. The third-order valence-corrected chi connectivity index (χ3v) is 2.97. The zero-order valence-corrected chi connectivity index (χ0v) is 9.87. The Kier molecular flexibility index (Phi) is 3.62. The molecule has 88 valence electrons. The predicted octanol–water partition coefficient (Wildman–Crippen LogP) is 1.48. The Bertz CT molecular complexity index is 345. The van der Waals surface area contributed by atoms with Crippen LogP contribution in [-0.4, -0.2) is 36.1 Å². The molecule has 0 radical (unpaired) electrons. The molecule has 2 heterocycles. The summed E-state index contributed by atoms with van der Waals surface area (Å²) < 4.78 is 0. The van der Waals surface area contributed by atoms with E-state index in [9.17, 15) is 0 Å². The quantitative estimate of drug-likeness (QED) is 0.807. The van der Waals surface area contributed by atoms with E-state index in [4.69, 9.17) is 5.73 Å². The molecule has 0 aromatic carbocycles. The summed E-state index contributed by atoms with van der Waals surface area (Å²) in [6, 6.07) is 1.95. The van der Waals surface area contributed by atoms with Crippen molar-refractivity contribution >= 4 is 11.5 Å². The van der Waals surface area contributed by atoms with Gasteiger partial charge in [-0.1, -0.05) is 0 Å². The van der Waals surface area contributed by atoms with Crippen LogP contribution in [0.2, 0.25) is 0 Å². The normalized spacial score (nSPS) is 16.6. The highest BCUT2D eigenvalue weighted by Gasteiger charge is 2.10. The van der Waals surface area contributed by atoms with Gasteiger partial charge >= 0.3 is 0 Å². The highest BCUT2D eigenvalue weighted by atomic mass is 15.2. The largest absolute Gasteiger partial charge is 0.396 e. The maximum atomic E-state index is 5.88. The van der Waals surface area contributed by atoms with E-state index < -0.39 is 0 Å². The average Bonchev–Trinajstić information content (AvgIpc) is 2.74. The van der Waals surface area contributed by atoms with Crippen LogP contribution in [0.5, 0.6) is 0 Å². The highest BCUT2D eigenvalue weighted by molar-refractivity contribution is 5.61. The van der Waals surface area contributed by atoms with Crippen molar-refractivity contribution in [2.75, 3.05) is 37.2 Å². The van der Waals surface area contributed by atoms with Crippen LogP contribution in [0.3, 0.4) is 0 Å². The van der Waals surface area contributed by atoms with Crippen LogP contribution >= 0.6 is 0 Å². The van der Waals surface area contributed by atoms with Gasteiger partial charge in [-0.3, -0.25) is 0 Å². The molecule has 3 N–H and O–H groups in total. The molecule has 1 aromatic heterocycles. The summed E-state index contributed by atoms with van der Waals surface area (Å²) in [6.07, 6.45) is 4.52. The minimum Gasteiger partial charge on any atom is -0.396 e. The number of hydrogen-bond acceptors (Lipinski definition) is 4. The zero-order chi connectivity index (χ0) is 11.4. The molecule has 4 nitrogen and oxygen atoms in total. The number of nitrogens with zero attached hydrogens (tertiary/aromatic N) is 2. The van der Waals surface area contributed by atoms with Crippen LogP contribution in [0.4, 0.5) is 11.5 Å². The van der Waals surface area contributed by atoms with Gasteiger partial charge in [-0.15, -0.1) is 0 Å². The topological polar surface area (TPSA) is 54.2 Å². The van der Waals surface area contributed by atoms with E-state index in [1.54, 1.807) is 0 Å². The lowest BCUT2D eigenvalue weighted by Crippen LogP contribution is -2.26. The average molecular weight is 220 g/mol. The van der Waals surface area contributed by atoms with Gasteiger partial charge < -0.3 is 16.0 Å². The summed E-state index contributed by atoms with van der Waals surface area (Å²) in [6.45, 7) is 6.46. The third-order valence-electron chi connectivity index (χ3n) is 2.97. The summed E-state index contributed by atoms with van der Waals surface area (Å²) in [5, 5.41) is 3.29. The second kappa shape index (κ2) is 5.16. The minimum atomic E-state index is 0.737. The summed E-state index contributed by atoms with van der Waals surface area (Å²) in [7, 11) is 0. The van der Waals surface area contributed by atoms with Crippen molar-refractivity contribution in [3.63, 3.8) is 0 Å². The second-order valence-electron chi connectivity index (χ2n) is 4.43. The Morgan fingerprint density at radius 1 is 1.44 bits per heavy atom. The smallest absolute Gasteiger partial charge is 0.149 e. The number of pyridine rings is 1. The van der Waals surface area contributed by atoms with E-state index in [0.717, 1.165) is 30.2 Å². The van der Waals surface area contributed by atoms with Crippen LogP contribution in [0.15, 0.2) is 12.3 Å². The first-order valence-electron chi connectivity index (χ1n) is 5.94. The fourth-order valence-electron chi connectivity index (χ4n) is 2.08. The van der Waals surface area contributed by atoms with Crippen LogP contribution < -0.4 is 11.1 Å². The van der Waals surface area contributed by atoms with Gasteiger partial charge in [0.1, 0.15) is 5.82 Å². The Labute approximate surface area is 96.8 Å². The lowest BCUT2D eigenvalue weighted by atomic mass is 10.3. The Balaban J connectivity index is 1.80. The molecule has 0 atom stereocenters. The Hall–Kier alpha value is -1.29. The van der Waals surface area contributed by atoms with Crippen molar-refractivity contribution in [3.8, 4) is 0 Å². The molecule has 1 aliphatic heterocycles. The van der Waals surface area contributed by atoms with E-state index in [1.165, 1.54) is 25.9 Å². The number of nitrogens with one attached hydrogen (secondary N) is 1. The van der Waals surface area contributed by atoms with Gasteiger partial charge in [0, 0.05) is 19.3 Å². The van der Waals surface area contributed by atoms with Crippen molar-refractivity contribution < 1.29 is 0 Å². The van der Waals surface area contributed by atoms with Crippen molar-refractivity contribution in [1.82, 2.24) is 9.88 Å². The second-order valence-corrected chi connectivity index (χ2v) is 4.43. The number of likely N-dealkylation sites (tertiary alicyclic amines) is 1. The van der Waals surface area contributed by atoms with Gasteiger partial charge in [0.05, 0.1) is 5.69 Å². The molecule has 1 fully saturated rings. The number of hydrogen-bond donors (Lipinski definition) is 2. The number of anilines is 2. The Morgan fingerprint density at radius 2 is 2.19 bits per heavy atom. The summed E-state index contributed by atoms with van der Waals surface area (Å²) in [4.78, 5) is 6.76. The number of aromatic nitrogens is 1. The molecule has 0 spiro atoms. The number of nitrogens with two attached hydrogens (primary N) is 1. The summed E-state index contributed by atoms with van der Waals surface area (Å²) >= 11 is 0. The van der Waals surface area contributed by atoms with Gasteiger partial charge in [-0.25, -0.2) is 4.98 Å². The van der Waals surface area contributed by atoms with Gasteiger partial charge in [-0.05, 0) is 44.5 Å². The van der Waals surface area contributed by atoms with Crippen molar-refractivity contribution in [1.29, 1.82) is 0 Å². The SMILES string of the molecule is Cc1cnc(NCCN2CCCC2)c(N)c1. The molecular weight excluding hydrogens is 200 g/mol. The standard InChI is InChI=1S/C12H20N4/c1-10-8-11(13)12(15-9-10)14-4-7-16-5-2-3-6-16/h8-9H,2-7,13H2,1H3,(H,14,15). The molecule has 0 saturated carbocycles. The first-order chi connectivity index (χ1) is 7.75. The molecule has 16 heavy (non-hydrogen) atoms. The minimum absolute atomic E-state index is 0.737. The monoisotopic (exact) mass is 220 g/mol. The van der Waals surface area contributed by atoms with Crippen LogP contribution in [0.1, 0.15) is 18.4 Å². The molecule has 2 rings (SSSR count). The first-order valence-corrected chi connectivity index (χ1v) is 5.94. The predicted molar refractivity (Wildman–Crippen MR) is 67.6 cm³/mol. The lowest BCUT2D eigenvalue weighted by molar-refractivity contribution is 0.352. The first kappa shape index (κ1) is 11.2. The summed E-state index contributed by atoms with van der Waals surface area (Å²) in [5.41, 5.74) is 7.71. The molecule has 0 bridgehead atoms. The maximum absolute atomic E-state index is 5.88. The molecule has 1 aromatic rings. The number of aryl methyl sites for hydroxylation is 1. The summed E-state index contributed by atoms with van der Waals surface area (Å²) in [5.74, 6) is 0.810. The third kappa shape index (κ3) is 2.85. The van der Waals surface area contributed by atoms with Crippen molar-refractivity contribution in [2.24, 2.45) is 0 Å². The van der Waals surface area contributed by atoms with E-state index in [2.05, 4.69) is 15.2 Å². The molecule has 1 aliphatic rings. The molecule has 4 heteroatoms. The molecule has 0 aliphatic carbocycles. The van der Waals surface area contributed by atoms with Gasteiger partial charge in [0.15, 0.2) is 0 Å². The molecule has 0 unspecified atom stereocenters. The zero-order valence-electron chi connectivity index (χ0n) is 9.87. The van der Waals surface area contributed by atoms with Crippen molar-refractivity contribution in [2.45, 2.75) is 19.8 Å². The Morgan fingerprint density at radius 3 is 2.88 bits per heavy atom. The van der Waals surface area contributed by atoms with E-state index >= 15 is 0 Å². The maximum Gasteiger partial charge on any atom is 0.149 e. The fourth-order valence-corrected chi connectivity index (χ4v) is 2.08.